The highest BCUT2D eigenvalue weighted by atomic mass is 32.2. The molecule has 0 aliphatic heterocycles. The number of rotatable bonds is 5. The quantitative estimate of drug-likeness (QED) is 0.386. The number of carbonyl (C=O) groups excluding carboxylic acids is 2. The summed E-state index contributed by atoms with van der Waals surface area (Å²) >= 11 is 0. The van der Waals surface area contributed by atoms with Crippen molar-refractivity contribution in [3.05, 3.63) is 30.3 Å². The maximum Gasteiger partial charge on any atom is 0.311 e. The number of esters is 1. The van der Waals surface area contributed by atoms with E-state index in [1.165, 1.54) is 7.11 Å². The van der Waals surface area contributed by atoms with Gasteiger partial charge in [0.15, 0.2) is 23.9 Å². The summed E-state index contributed by atoms with van der Waals surface area (Å²) in [5.41, 5.74) is -3.18. The Labute approximate surface area is 211 Å². The molecule has 3 aliphatic carbocycles. The molecule has 3 fully saturated rings. The van der Waals surface area contributed by atoms with Crippen molar-refractivity contribution in [2.24, 2.45) is 16.7 Å². The van der Waals surface area contributed by atoms with Crippen LogP contribution in [-0.2, 0) is 28.6 Å². The van der Waals surface area contributed by atoms with E-state index in [1.807, 2.05) is 6.92 Å². The van der Waals surface area contributed by atoms with E-state index >= 15 is 0 Å². The van der Waals surface area contributed by atoms with Crippen molar-refractivity contribution in [2.45, 2.75) is 100 Å². The summed E-state index contributed by atoms with van der Waals surface area (Å²) in [6.07, 6.45) is 1.77. The van der Waals surface area contributed by atoms with Crippen LogP contribution in [0.25, 0.3) is 0 Å². The molecule has 0 spiro atoms. The second-order valence-electron chi connectivity index (χ2n) is 13.1. The molecule has 8 heteroatoms. The number of sulfone groups is 1. The topological polar surface area (TPSA) is 86.7 Å². The molecule has 194 valence electrons. The Balaban J connectivity index is 2.06. The minimum absolute atomic E-state index is 0.0189. The van der Waals surface area contributed by atoms with Gasteiger partial charge in [-0.15, -0.1) is 0 Å². The van der Waals surface area contributed by atoms with Gasteiger partial charge >= 0.3 is 5.97 Å². The maximum atomic E-state index is 14.8. The Hall–Kier alpha value is -1.51. The van der Waals surface area contributed by atoms with E-state index in [9.17, 15) is 18.0 Å². The largest absolute Gasteiger partial charge is 0.469 e. The predicted octanol–water partition coefficient (Wildman–Crippen LogP) is 5.32. The van der Waals surface area contributed by atoms with Gasteiger partial charge in [0.25, 0.3) is 0 Å². The van der Waals surface area contributed by atoms with Gasteiger partial charge in [0.2, 0.25) is 0 Å². The van der Waals surface area contributed by atoms with E-state index < -0.39 is 51.2 Å². The van der Waals surface area contributed by atoms with Gasteiger partial charge in [-0.3, -0.25) is 9.59 Å². The van der Waals surface area contributed by atoms with E-state index in [-0.39, 0.29) is 22.1 Å². The normalized spacial score (nSPS) is 37.3. The van der Waals surface area contributed by atoms with Gasteiger partial charge in [0.05, 0.1) is 17.4 Å². The Bertz CT molecular complexity index is 1160. The van der Waals surface area contributed by atoms with Crippen LogP contribution in [-0.4, -0.2) is 45.9 Å². The second-order valence-corrected chi connectivity index (χ2v) is 20.1. The molecule has 0 amide bonds. The van der Waals surface area contributed by atoms with E-state index in [1.54, 1.807) is 37.3 Å². The summed E-state index contributed by atoms with van der Waals surface area (Å²) in [5, 5.41) is -0.226. The average Bonchev–Trinajstić information content (AvgIpc) is 3.18. The molecule has 4 rings (SSSR count). The van der Waals surface area contributed by atoms with Gasteiger partial charge in [0.1, 0.15) is 10.3 Å². The summed E-state index contributed by atoms with van der Waals surface area (Å²) in [5.74, 6) is -0.919. The molecule has 0 heterocycles. The highest BCUT2D eigenvalue weighted by Gasteiger charge is 2.81. The third-order valence-corrected chi connectivity index (χ3v) is 16.9. The first-order valence-electron chi connectivity index (χ1n) is 12.6. The molecule has 3 saturated carbocycles. The lowest BCUT2D eigenvalue weighted by Gasteiger charge is -2.56. The number of fused-ring (bicyclic) bond motifs is 4. The van der Waals surface area contributed by atoms with Crippen LogP contribution in [0.2, 0.25) is 18.1 Å². The van der Waals surface area contributed by atoms with Crippen LogP contribution in [0.15, 0.2) is 35.2 Å². The van der Waals surface area contributed by atoms with Gasteiger partial charge in [-0.25, -0.2) is 8.42 Å². The first kappa shape index (κ1) is 26.5. The minimum Gasteiger partial charge on any atom is -0.469 e. The van der Waals surface area contributed by atoms with Crippen molar-refractivity contribution >= 4 is 29.9 Å². The number of carbonyl (C=O) groups is 2. The number of Topliss-reactive ketones (excluding diaryl/α,β-unsaturated/α-hetero) is 1. The number of hydrogen-bond acceptors (Lipinski definition) is 6. The van der Waals surface area contributed by atoms with E-state index in [4.69, 9.17) is 9.16 Å². The molecule has 6 nitrogen and oxygen atoms in total. The van der Waals surface area contributed by atoms with Crippen molar-refractivity contribution in [2.75, 3.05) is 7.11 Å². The zero-order chi connectivity index (χ0) is 26.3. The Morgan fingerprint density at radius 1 is 1.06 bits per heavy atom. The molecule has 0 aromatic heterocycles. The van der Waals surface area contributed by atoms with Gasteiger partial charge in [-0.05, 0) is 75.2 Å². The molecule has 5 atom stereocenters. The summed E-state index contributed by atoms with van der Waals surface area (Å²) in [6.45, 7) is 14.2. The molecule has 1 aromatic rings. The molecule has 1 aromatic carbocycles. The van der Waals surface area contributed by atoms with Gasteiger partial charge in [-0.2, -0.15) is 0 Å². The predicted molar refractivity (Wildman–Crippen MR) is 137 cm³/mol. The number of hydrogen-bond donors (Lipinski definition) is 0. The van der Waals surface area contributed by atoms with Crippen LogP contribution in [0.1, 0.15) is 66.7 Å². The monoisotopic (exact) mass is 520 g/mol. The Kier molecular flexibility index (Phi) is 5.87. The SMILES string of the molecule is COC(=O)[C@@]1(C)C[C@H]2C[C@]3(C)CC[C@@](O[Si](C)(C)C(C)(C)C)(C3=O)[C@@]2(S(=O)(=O)c2ccccc2)C1. The van der Waals surface area contributed by atoms with Crippen molar-refractivity contribution in [1.82, 2.24) is 0 Å². The lowest BCUT2D eigenvalue weighted by atomic mass is 9.64. The molecule has 0 N–H and O–H groups in total. The molecular formula is C27H40O6SSi. The van der Waals surface area contributed by atoms with Crippen LogP contribution < -0.4 is 0 Å². The fraction of sp³-hybridized carbons (Fsp3) is 0.704. The fourth-order valence-electron chi connectivity index (χ4n) is 7.04. The summed E-state index contributed by atoms with van der Waals surface area (Å²) in [7, 11) is -5.34. The van der Waals surface area contributed by atoms with Crippen molar-refractivity contribution < 1.29 is 27.2 Å². The molecule has 3 aliphatic rings. The number of methoxy groups -OCH3 is 1. The zero-order valence-electron chi connectivity index (χ0n) is 22.4. The summed E-state index contributed by atoms with van der Waals surface area (Å²) < 4.78 is 40.3. The van der Waals surface area contributed by atoms with E-state index in [0.717, 1.165) is 0 Å². The lowest BCUT2D eigenvalue weighted by molar-refractivity contribution is -0.153. The van der Waals surface area contributed by atoms with Crippen LogP contribution in [0.5, 0.6) is 0 Å². The molecule has 2 bridgehead atoms. The highest BCUT2D eigenvalue weighted by Crippen LogP contribution is 2.70. The van der Waals surface area contributed by atoms with Gasteiger partial charge < -0.3 is 9.16 Å². The van der Waals surface area contributed by atoms with Crippen molar-refractivity contribution in [3.8, 4) is 0 Å². The number of benzene rings is 1. The number of ketones is 1. The summed E-state index contributed by atoms with van der Waals surface area (Å²) in [4.78, 5) is 27.7. The zero-order valence-corrected chi connectivity index (χ0v) is 24.2. The molecule has 0 unspecified atom stereocenters. The van der Waals surface area contributed by atoms with Crippen LogP contribution in [0, 0.1) is 16.7 Å². The molecule has 0 saturated heterocycles. The third kappa shape index (κ3) is 3.38. The first-order chi connectivity index (χ1) is 15.9. The molecule has 0 radical (unpaired) electrons. The molecule has 35 heavy (non-hydrogen) atoms. The van der Waals surface area contributed by atoms with Crippen LogP contribution >= 0.6 is 0 Å². The minimum atomic E-state index is -4.08. The van der Waals surface area contributed by atoms with Crippen molar-refractivity contribution in [3.63, 3.8) is 0 Å². The maximum absolute atomic E-state index is 14.8. The number of ether oxygens (including phenoxy) is 1. The van der Waals surface area contributed by atoms with Crippen molar-refractivity contribution in [1.29, 1.82) is 0 Å². The molecular weight excluding hydrogens is 480 g/mol. The lowest BCUT2D eigenvalue weighted by Crippen LogP contribution is -2.71. The van der Waals surface area contributed by atoms with E-state index in [2.05, 4.69) is 33.9 Å². The Morgan fingerprint density at radius 2 is 1.66 bits per heavy atom. The average molecular weight is 521 g/mol. The summed E-state index contributed by atoms with van der Waals surface area (Å²) in [6, 6.07) is 8.39. The van der Waals surface area contributed by atoms with Crippen LogP contribution in [0.4, 0.5) is 0 Å². The smallest absolute Gasteiger partial charge is 0.311 e. The van der Waals surface area contributed by atoms with Gasteiger partial charge in [-0.1, -0.05) is 45.9 Å². The first-order valence-corrected chi connectivity index (χ1v) is 16.9. The third-order valence-electron chi connectivity index (χ3n) is 9.78. The van der Waals surface area contributed by atoms with E-state index in [0.29, 0.717) is 25.7 Å². The van der Waals surface area contributed by atoms with Gasteiger partial charge in [0, 0.05) is 5.41 Å². The fourth-order valence-corrected chi connectivity index (χ4v) is 11.4. The second kappa shape index (κ2) is 7.75. The van der Waals surface area contributed by atoms with Crippen LogP contribution in [0.3, 0.4) is 0 Å². The standard InChI is InChI=1S/C27H40O6SSi/c1-23(2,3)35(7,8)33-26-15-14-24(4,21(26)28)16-19-17-25(5,22(29)32-6)18-27(19,26)34(30,31)20-12-10-9-11-13-20/h9-13,19H,14-18H2,1-8H3/t19-,24+,25+,26-,27-/m1/s1. The highest BCUT2D eigenvalue weighted by molar-refractivity contribution is 7.93. The Morgan fingerprint density at radius 3 is 2.20 bits per heavy atom.